The summed E-state index contributed by atoms with van der Waals surface area (Å²) in [4.78, 5) is 9.64. The Morgan fingerprint density at radius 3 is 2.69 bits per heavy atom. The van der Waals surface area contributed by atoms with Gasteiger partial charge in [0.2, 0.25) is 0 Å². The highest BCUT2D eigenvalue weighted by atomic mass is 32.2. The molecule has 0 radical (unpaired) electrons. The van der Waals surface area contributed by atoms with Gasteiger partial charge in [-0.25, -0.2) is 23.4 Å². The minimum atomic E-state index is -0.841. The molecule has 1 aliphatic heterocycles. The van der Waals surface area contributed by atoms with Crippen LogP contribution in [0.15, 0.2) is 23.4 Å². The molecular weight excluding hydrogens is 526 g/mol. The molecule has 0 spiro atoms. The highest BCUT2D eigenvalue weighted by Crippen LogP contribution is 2.47. The summed E-state index contributed by atoms with van der Waals surface area (Å²) in [6, 6.07) is 3.95. The molecule has 39 heavy (non-hydrogen) atoms. The Labute approximate surface area is 230 Å². The molecule has 12 heteroatoms. The van der Waals surface area contributed by atoms with Crippen LogP contribution in [0, 0.1) is 11.6 Å². The first-order chi connectivity index (χ1) is 18.8. The van der Waals surface area contributed by atoms with Crippen molar-refractivity contribution in [3.05, 3.63) is 35.4 Å². The van der Waals surface area contributed by atoms with E-state index >= 15 is 0 Å². The number of hydrogen-bond donors (Lipinski definition) is 1. The Hall–Kier alpha value is -2.41. The van der Waals surface area contributed by atoms with Gasteiger partial charge >= 0.3 is 0 Å². The van der Waals surface area contributed by atoms with Gasteiger partial charge in [-0.3, -0.25) is 0 Å². The molecule has 1 saturated heterocycles. The molecule has 3 aliphatic rings. The van der Waals surface area contributed by atoms with Crippen LogP contribution in [0.5, 0.6) is 0 Å². The van der Waals surface area contributed by atoms with Gasteiger partial charge in [-0.1, -0.05) is 36.9 Å². The molecule has 0 bridgehead atoms. The number of hydrogen-bond acceptors (Lipinski definition) is 9. The largest absolute Gasteiger partial charge is 0.375 e. The number of fused-ring (bicyclic) bond motifs is 2. The minimum Gasteiger partial charge on any atom is -0.375 e. The van der Waals surface area contributed by atoms with Gasteiger partial charge in [0, 0.05) is 30.7 Å². The standard InChI is InChI=1S/C27H34F2N6O3S/c1-5-9-36-20-13-19(22-23(20)38-27(3,4)37-22)35-25-21(33-34-35)24(31-26(32-25)39-10-6-2)30-18-12-15(18)14-7-8-16(28)17(29)11-14/h7-8,11,15,18-20,22-23H,5-6,9-10,12-13H2,1-4H3,(H,30,31,32)/t15-,18+,19+,20-,22-,23+/m0/s1. The van der Waals surface area contributed by atoms with Crippen LogP contribution >= 0.6 is 11.8 Å². The van der Waals surface area contributed by atoms with Crippen molar-refractivity contribution in [2.45, 2.75) is 101 Å². The van der Waals surface area contributed by atoms with E-state index < -0.39 is 17.4 Å². The lowest BCUT2D eigenvalue weighted by atomic mass is 10.1. The second-order valence-corrected chi connectivity index (χ2v) is 12.0. The lowest BCUT2D eigenvalue weighted by Gasteiger charge is -2.23. The van der Waals surface area contributed by atoms with E-state index in [0.717, 1.165) is 30.6 Å². The van der Waals surface area contributed by atoms with Crippen LogP contribution in [-0.4, -0.2) is 67.5 Å². The molecular formula is C27H34F2N6O3S. The Balaban J connectivity index is 1.31. The summed E-state index contributed by atoms with van der Waals surface area (Å²) in [6.45, 7) is 8.68. The maximum absolute atomic E-state index is 13.8. The van der Waals surface area contributed by atoms with E-state index in [4.69, 9.17) is 24.2 Å². The molecule has 6 rings (SSSR count). The summed E-state index contributed by atoms with van der Waals surface area (Å²) in [5.41, 5.74) is 1.96. The second kappa shape index (κ2) is 10.5. The molecule has 0 unspecified atom stereocenters. The average Bonchev–Trinajstić information content (AvgIpc) is 3.24. The SMILES string of the molecule is CCCO[C@H]1C[C@@H](n2nnc3c(N[C@@H]4C[C@H]4c4ccc(F)c(F)c4)nc(SCCC)nc32)[C@@H]2OC(C)(C)O[C@@H]21. The fourth-order valence-electron chi connectivity index (χ4n) is 5.61. The van der Waals surface area contributed by atoms with Gasteiger partial charge in [-0.15, -0.1) is 5.10 Å². The minimum absolute atomic E-state index is 0.0252. The lowest BCUT2D eigenvalue weighted by molar-refractivity contribution is -0.170. The molecule has 6 atom stereocenters. The number of halogens is 2. The maximum Gasteiger partial charge on any atom is 0.191 e. The highest BCUT2D eigenvalue weighted by Gasteiger charge is 2.56. The summed E-state index contributed by atoms with van der Waals surface area (Å²) < 4.78 is 47.8. The predicted molar refractivity (Wildman–Crippen MR) is 143 cm³/mol. The molecule has 3 fully saturated rings. The molecule has 0 amide bonds. The zero-order valence-electron chi connectivity index (χ0n) is 22.6. The van der Waals surface area contributed by atoms with Crippen LogP contribution in [0.1, 0.15) is 70.9 Å². The van der Waals surface area contributed by atoms with Crippen LogP contribution in [0.3, 0.4) is 0 Å². The lowest BCUT2D eigenvalue weighted by Crippen LogP contribution is -2.31. The monoisotopic (exact) mass is 560 g/mol. The molecule has 1 aromatic carbocycles. The first-order valence-corrected chi connectivity index (χ1v) is 14.7. The van der Waals surface area contributed by atoms with Gasteiger partial charge in [-0.2, -0.15) is 0 Å². The number of thioether (sulfide) groups is 1. The zero-order chi connectivity index (χ0) is 27.3. The third kappa shape index (κ3) is 5.23. The summed E-state index contributed by atoms with van der Waals surface area (Å²) >= 11 is 1.58. The Morgan fingerprint density at radius 2 is 1.92 bits per heavy atom. The molecule has 2 aromatic heterocycles. The van der Waals surface area contributed by atoms with E-state index in [9.17, 15) is 8.78 Å². The third-order valence-electron chi connectivity index (χ3n) is 7.46. The van der Waals surface area contributed by atoms with E-state index in [0.29, 0.717) is 35.2 Å². The van der Waals surface area contributed by atoms with Gasteiger partial charge in [0.15, 0.2) is 39.6 Å². The molecule has 2 saturated carbocycles. The summed E-state index contributed by atoms with van der Waals surface area (Å²) in [5.74, 6) is -0.863. The first kappa shape index (κ1) is 26.8. The van der Waals surface area contributed by atoms with E-state index in [2.05, 4.69) is 29.5 Å². The number of nitrogens with zero attached hydrogens (tertiary/aromatic N) is 5. The van der Waals surface area contributed by atoms with Crippen LogP contribution in [0.25, 0.3) is 11.2 Å². The Morgan fingerprint density at radius 1 is 1.10 bits per heavy atom. The van der Waals surface area contributed by atoms with Crippen molar-refractivity contribution >= 4 is 28.7 Å². The van der Waals surface area contributed by atoms with Crippen molar-refractivity contribution in [2.24, 2.45) is 0 Å². The number of aromatic nitrogens is 5. The highest BCUT2D eigenvalue weighted by molar-refractivity contribution is 7.99. The second-order valence-electron chi connectivity index (χ2n) is 11.0. The number of nitrogens with one attached hydrogen (secondary N) is 1. The number of anilines is 1. The van der Waals surface area contributed by atoms with Crippen molar-refractivity contribution in [2.75, 3.05) is 17.7 Å². The van der Waals surface area contributed by atoms with Gasteiger partial charge < -0.3 is 19.5 Å². The van der Waals surface area contributed by atoms with Crippen molar-refractivity contribution in [3.8, 4) is 0 Å². The molecule has 3 aromatic rings. The molecule has 9 nitrogen and oxygen atoms in total. The number of benzene rings is 1. The Bertz CT molecular complexity index is 1360. The number of ether oxygens (including phenoxy) is 3. The van der Waals surface area contributed by atoms with E-state index in [-0.39, 0.29) is 36.3 Å². The van der Waals surface area contributed by atoms with Gasteiger partial charge in [0.1, 0.15) is 12.2 Å². The van der Waals surface area contributed by atoms with Crippen molar-refractivity contribution in [1.29, 1.82) is 0 Å². The van der Waals surface area contributed by atoms with Gasteiger partial charge in [-0.05, 0) is 50.8 Å². The zero-order valence-corrected chi connectivity index (χ0v) is 23.4. The molecule has 3 heterocycles. The van der Waals surface area contributed by atoms with E-state index in [1.165, 1.54) is 12.1 Å². The van der Waals surface area contributed by atoms with Crippen LogP contribution in [0.4, 0.5) is 14.6 Å². The Kier molecular flexibility index (Phi) is 7.23. The first-order valence-electron chi connectivity index (χ1n) is 13.7. The normalized spacial score (nSPS) is 29.2. The average molecular weight is 561 g/mol. The summed E-state index contributed by atoms with van der Waals surface area (Å²) in [7, 11) is 0. The van der Waals surface area contributed by atoms with Crippen LogP contribution in [0.2, 0.25) is 0 Å². The number of rotatable bonds is 10. The smallest absolute Gasteiger partial charge is 0.191 e. The van der Waals surface area contributed by atoms with Crippen molar-refractivity contribution in [1.82, 2.24) is 25.0 Å². The van der Waals surface area contributed by atoms with Crippen molar-refractivity contribution in [3.63, 3.8) is 0 Å². The van der Waals surface area contributed by atoms with E-state index in [1.54, 1.807) is 17.8 Å². The van der Waals surface area contributed by atoms with Gasteiger partial charge in [0.25, 0.3) is 0 Å². The fourth-order valence-corrected chi connectivity index (χ4v) is 6.31. The maximum atomic E-state index is 13.8. The van der Waals surface area contributed by atoms with Crippen molar-refractivity contribution < 1.29 is 23.0 Å². The van der Waals surface area contributed by atoms with Gasteiger partial charge in [0.05, 0.1) is 12.1 Å². The quantitative estimate of drug-likeness (QED) is 0.264. The molecule has 2 aliphatic carbocycles. The van der Waals surface area contributed by atoms with Crippen LogP contribution in [-0.2, 0) is 14.2 Å². The fraction of sp³-hybridized carbons (Fsp3) is 0.630. The third-order valence-corrected chi connectivity index (χ3v) is 8.51. The molecule has 1 N–H and O–H groups in total. The topological polar surface area (TPSA) is 96.2 Å². The van der Waals surface area contributed by atoms with E-state index in [1.807, 2.05) is 18.5 Å². The predicted octanol–water partition coefficient (Wildman–Crippen LogP) is 5.23. The van der Waals surface area contributed by atoms with Crippen LogP contribution < -0.4 is 5.32 Å². The summed E-state index contributed by atoms with van der Waals surface area (Å²) in [6.07, 6.45) is 2.80. The summed E-state index contributed by atoms with van der Waals surface area (Å²) in [5, 5.41) is 13.2. The molecule has 210 valence electrons.